The van der Waals surface area contributed by atoms with Crippen LogP contribution in [0.15, 0.2) is 12.4 Å². The summed E-state index contributed by atoms with van der Waals surface area (Å²) in [4.78, 5) is 34.8. The number of halogens is 3. The van der Waals surface area contributed by atoms with Crippen molar-refractivity contribution in [3.05, 3.63) is 23.8 Å². The van der Waals surface area contributed by atoms with Gasteiger partial charge >= 0.3 is 12.2 Å². The number of carbonyl (C=O) groups is 2. The number of nitrogens with one attached hydrogen (secondary N) is 1. The molecule has 2 atom stereocenters. The van der Waals surface area contributed by atoms with Gasteiger partial charge in [-0.3, -0.25) is 4.79 Å². The number of likely N-dealkylation sites (tertiary alicyclic amines) is 2. The van der Waals surface area contributed by atoms with Gasteiger partial charge in [0.15, 0.2) is 0 Å². The fourth-order valence-corrected chi connectivity index (χ4v) is 4.34. The van der Waals surface area contributed by atoms with Crippen LogP contribution in [0.2, 0.25) is 0 Å². The first kappa shape index (κ1) is 20.8. The number of morpholine rings is 1. The van der Waals surface area contributed by atoms with Crippen LogP contribution in [-0.4, -0.2) is 76.6 Å². The minimum Gasteiger partial charge on any atom is -0.366 e. The van der Waals surface area contributed by atoms with E-state index in [0.29, 0.717) is 44.6 Å². The molecule has 4 heterocycles. The number of hydrogen-bond acceptors (Lipinski definition) is 5. The first-order chi connectivity index (χ1) is 14.3. The number of rotatable bonds is 2. The minimum absolute atomic E-state index is 0.0374. The smallest absolute Gasteiger partial charge is 0.366 e. The van der Waals surface area contributed by atoms with Gasteiger partial charge in [-0.15, -0.1) is 0 Å². The van der Waals surface area contributed by atoms with Crippen molar-refractivity contribution >= 4 is 11.9 Å². The molecule has 1 N–H and O–H groups in total. The number of fused-ring (bicyclic) bond motifs is 1. The lowest BCUT2D eigenvalue weighted by molar-refractivity contribution is -0.145. The number of nitrogens with zero attached hydrogens (tertiary/aromatic N) is 4. The third kappa shape index (κ3) is 4.66. The lowest BCUT2D eigenvalue weighted by Gasteiger charge is -2.43. The van der Waals surface area contributed by atoms with Crippen molar-refractivity contribution in [3.8, 4) is 0 Å². The Bertz CT molecular complexity index is 781. The number of alkyl halides is 3. The average Bonchev–Trinajstić information content (AvgIpc) is 2.73. The maximum absolute atomic E-state index is 12.9. The number of hydrogen-bond donors (Lipinski definition) is 1. The molecular weight excluding hydrogens is 403 g/mol. The molecule has 30 heavy (non-hydrogen) atoms. The van der Waals surface area contributed by atoms with Gasteiger partial charge in [-0.25, -0.2) is 14.8 Å². The van der Waals surface area contributed by atoms with E-state index in [1.165, 1.54) is 12.4 Å². The number of urea groups is 1. The molecule has 0 unspecified atom stereocenters. The monoisotopic (exact) mass is 427 g/mol. The molecule has 0 bridgehead atoms. The topological polar surface area (TPSA) is 87.7 Å². The van der Waals surface area contributed by atoms with Crippen LogP contribution in [0.3, 0.4) is 0 Å². The van der Waals surface area contributed by atoms with Gasteiger partial charge in [0, 0.05) is 38.6 Å². The van der Waals surface area contributed by atoms with E-state index in [0.717, 1.165) is 12.8 Å². The van der Waals surface area contributed by atoms with Crippen molar-refractivity contribution in [1.82, 2.24) is 25.1 Å². The summed E-state index contributed by atoms with van der Waals surface area (Å²) in [6.45, 7) is 2.31. The standard InChI is InChI=1S/C19H24F3N5O3/c20-19(21,22)17-23-8-13(9-24-17)7-12-1-4-26(5-2-12)18(29)27-6-3-15-14(10-27)25-16(28)11-30-15/h8-9,12,14-15H,1-7,10-11H2,(H,25,28)/t14-,15+/m1/s1. The van der Waals surface area contributed by atoms with E-state index in [2.05, 4.69) is 15.3 Å². The summed E-state index contributed by atoms with van der Waals surface area (Å²) in [6.07, 6.45) is 0.724. The van der Waals surface area contributed by atoms with Crippen molar-refractivity contribution < 1.29 is 27.5 Å². The van der Waals surface area contributed by atoms with Gasteiger partial charge in [-0.05, 0) is 37.2 Å². The van der Waals surface area contributed by atoms with Crippen LogP contribution in [0.4, 0.5) is 18.0 Å². The van der Waals surface area contributed by atoms with Crippen LogP contribution >= 0.6 is 0 Å². The van der Waals surface area contributed by atoms with Crippen molar-refractivity contribution in [3.63, 3.8) is 0 Å². The Morgan fingerprint density at radius 3 is 2.47 bits per heavy atom. The van der Waals surface area contributed by atoms with Crippen molar-refractivity contribution in [2.24, 2.45) is 5.92 Å². The Labute approximate surface area is 171 Å². The largest absolute Gasteiger partial charge is 0.451 e. The minimum atomic E-state index is -4.54. The molecule has 11 heteroatoms. The number of amides is 3. The Hall–Kier alpha value is -2.43. The lowest BCUT2D eigenvalue weighted by atomic mass is 9.91. The second-order valence-corrected chi connectivity index (χ2v) is 8.09. The van der Waals surface area contributed by atoms with Crippen LogP contribution < -0.4 is 5.32 Å². The zero-order valence-corrected chi connectivity index (χ0v) is 16.4. The summed E-state index contributed by atoms with van der Waals surface area (Å²) in [5.41, 5.74) is 0.669. The SMILES string of the molecule is O=C1CO[C@H]2CCN(C(=O)N3CCC(Cc4cnc(C(F)(F)F)nc4)CC3)C[C@H]2N1. The number of ether oxygens (including phenoxy) is 1. The highest BCUT2D eigenvalue weighted by Gasteiger charge is 2.38. The molecule has 3 aliphatic heterocycles. The molecule has 1 aromatic rings. The van der Waals surface area contributed by atoms with Crippen LogP contribution in [0.5, 0.6) is 0 Å². The summed E-state index contributed by atoms with van der Waals surface area (Å²) < 4.78 is 43.2. The molecule has 3 saturated heterocycles. The molecule has 0 aliphatic carbocycles. The number of aromatic nitrogens is 2. The summed E-state index contributed by atoms with van der Waals surface area (Å²) >= 11 is 0. The quantitative estimate of drug-likeness (QED) is 0.772. The molecule has 3 aliphatic rings. The molecule has 0 aromatic carbocycles. The summed E-state index contributed by atoms with van der Waals surface area (Å²) in [5, 5.41) is 2.90. The Morgan fingerprint density at radius 2 is 1.80 bits per heavy atom. The maximum atomic E-state index is 12.9. The molecule has 0 spiro atoms. The predicted molar refractivity (Wildman–Crippen MR) is 98.3 cm³/mol. The maximum Gasteiger partial charge on any atom is 0.451 e. The normalized spacial score (nSPS) is 25.6. The number of carbonyl (C=O) groups excluding carboxylic acids is 2. The van der Waals surface area contributed by atoms with Crippen molar-refractivity contribution in [2.45, 2.75) is 44.0 Å². The Balaban J connectivity index is 1.26. The highest BCUT2D eigenvalue weighted by atomic mass is 19.4. The molecule has 8 nitrogen and oxygen atoms in total. The third-order valence-electron chi connectivity index (χ3n) is 5.96. The highest BCUT2D eigenvalue weighted by molar-refractivity contribution is 5.79. The fraction of sp³-hybridized carbons (Fsp3) is 0.684. The van der Waals surface area contributed by atoms with Crippen LogP contribution in [0.1, 0.15) is 30.7 Å². The second-order valence-electron chi connectivity index (χ2n) is 8.09. The molecule has 0 saturated carbocycles. The molecular formula is C19H24F3N5O3. The highest BCUT2D eigenvalue weighted by Crippen LogP contribution is 2.27. The molecule has 0 radical (unpaired) electrons. The lowest BCUT2D eigenvalue weighted by Crippen LogP contribution is -2.62. The van der Waals surface area contributed by atoms with Crippen LogP contribution in [0, 0.1) is 5.92 Å². The molecule has 3 amide bonds. The van der Waals surface area contributed by atoms with Gasteiger partial charge < -0.3 is 19.9 Å². The summed E-state index contributed by atoms with van der Waals surface area (Å²) in [5.74, 6) is -1.01. The van der Waals surface area contributed by atoms with Gasteiger partial charge in [-0.2, -0.15) is 13.2 Å². The van der Waals surface area contributed by atoms with Gasteiger partial charge in [0.25, 0.3) is 0 Å². The van der Waals surface area contributed by atoms with E-state index in [-0.39, 0.29) is 36.6 Å². The molecule has 3 fully saturated rings. The molecule has 1 aromatic heterocycles. The average molecular weight is 427 g/mol. The van der Waals surface area contributed by atoms with E-state index in [9.17, 15) is 22.8 Å². The molecule has 4 rings (SSSR count). The van der Waals surface area contributed by atoms with Crippen molar-refractivity contribution in [2.75, 3.05) is 32.8 Å². The van der Waals surface area contributed by atoms with Gasteiger partial charge in [0.05, 0.1) is 12.1 Å². The zero-order valence-electron chi connectivity index (χ0n) is 16.4. The predicted octanol–water partition coefficient (Wildman–Crippen LogP) is 1.46. The first-order valence-corrected chi connectivity index (χ1v) is 10.1. The van der Waals surface area contributed by atoms with E-state index in [1.54, 1.807) is 4.90 Å². The Kier molecular flexibility index (Phi) is 5.81. The van der Waals surface area contributed by atoms with E-state index in [4.69, 9.17) is 4.74 Å². The van der Waals surface area contributed by atoms with Crippen LogP contribution in [0.25, 0.3) is 0 Å². The zero-order chi connectivity index (χ0) is 21.3. The summed E-state index contributed by atoms with van der Waals surface area (Å²) in [7, 11) is 0. The fourth-order valence-electron chi connectivity index (χ4n) is 4.34. The molecule has 164 valence electrons. The van der Waals surface area contributed by atoms with E-state index < -0.39 is 12.0 Å². The van der Waals surface area contributed by atoms with Gasteiger partial charge in [0.1, 0.15) is 6.61 Å². The van der Waals surface area contributed by atoms with E-state index in [1.807, 2.05) is 4.90 Å². The third-order valence-corrected chi connectivity index (χ3v) is 5.96. The first-order valence-electron chi connectivity index (χ1n) is 10.1. The Morgan fingerprint density at radius 1 is 1.13 bits per heavy atom. The van der Waals surface area contributed by atoms with E-state index >= 15 is 0 Å². The van der Waals surface area contributed by atoms with Crippen LogP contribution in [-0.2, 0) is 22.1 Å². The van der Waals surface area contributed by atoms with Gasteiger partial charge in [0.2, 0.25) is 11.7 Å². The summed E-state index contributed by atoms with van der Waals surface area (Å²) in [6, 6.07) is -0.203. The van der Waals surface area contributed by atoms with Crippen molar-refractivity contribution in [1.29, 1.82) is 0 Å². The number of piperidine rings is 2. The second kappa shape index (κ2) is 8.37. The van der Waals surface area contributed by atoms with Gasteiger partial charge in [-0.1, -0.05) is 0 Å².